The fourth-order valence-corrected chi connectivity index (χ4v) is 3.16. The van der Waals surface area contributed by atoms with Crippen molar-refractivity contribution < 1.29 is 9.59 Å². The summed E-state index contributed by atoms with van der Waals surface area (Å²) in [7, 11) is 1.73. The van der Waals surface area contributed by atoms with Crippen molar-refractivity contribution in [3.8, 4) is 0 Å². The third-order valence-corrected chi connectivity index (χ3v) is 4.24. The molecule has 1 heterocycles. The zero-order valence-corrected chi connectivity index (χ0v) is 13.9. The summed E-state index contributed by atoms with van der Waals surface area (Å²) < 4.78 is 0. The predicted molar refractivity (Wildman–Crippen MR) is 86.7 cm³/mol. The smallest absolute Gasteiger partial charge is 0.236 e. The molecule has 0 radical (unpaired) electrons. The van der Waals surface area contributed by atoms with Crippen LogP contribution in [0.4, 0.5) is 0 Å². The Labute approximate surface area is 139 Å². The van der Waals surface area contributed by atoms with Gasteiger partial charge in [0.2, 0.25) is 11.8 Å². The van der Waals surface area contributed by atoms with Crippen molar-refractivity contribution in [3.63, 3.8) is 0 Å². The van der Waals surface area contributed by atoms with E-state index in [1.165, 1.54) is 0 Å². The second kappa shape index (κ2) is 7.31. The van der Waals surface area contributed by atoms with Crippen molar-refractivity contribution in [2.45, 2.75) is 13.0 Å². The number of hydrogen-bond acceptors (Lipinski definition) is 3. The van der Waals surface area contributed by atoms with E-state index in [1.54, 1.807) is 30.1 Å². The normalized spacial score (nSPS) is 18.4. The molecule has 22 heavy (non-hydrogen) atoms. The van der Waals surface area contributed by atoms with Crippen LogP contribution in [0.1, 0.15) is 12.0 Å². The van der Waals surface area contributed by atoms with Crippen molar-refractivity contribution >= 4 is 35.0 Å². The number of carbonyl (C=O) groups is 2. The number of likely N-dealkylation sites (tertiary alicyclic amines) is 1. The first kappa shape index (κ1) is 17.1. The second-order valence-corrected chi connectivity index (χ2v) is 6.52. The number of likely N-dealkylation sites (N-methyl/N-ethyl adjacent to an activating group) is 1. The molecule has 0 aromatic heterocycles. The highest BCUT2D eigenvalue weighted by Crippen LogP contribution is 2.20. The van der Waals surface area contributed by atoms with E-state index in [2.05, 4.69) is 0 Å². The lowest BCUT2D eigenvalue weighted by atomic mass is 10.1. The molecule has 1 saturated heterocycles. The number of nitrogens with two attached hydrogens (primary N) is 1. The Morgan fingerprint density at radius 1 is 1.32 bits per heavy atom. The molecular formula is C15H19Cl2N3O2. The van der Waals surface area contributed by atoms with Crippen LogP contribution in [0.5, 0.6) is 0 Å². The fourth-order valence-electron chi connectivity index (χ4n) is 2.58. The lowest BCUT2D eigenvalue weighted by Crippen LogP contribution is -2.37. The summed E-state index contributed by atoms with van der Waals surface area (Å²) in [5.74, 6) is -0.456. The minimum atomic E-state index is -0.295. The summed E-state index contributed by atoms with van der Waals surface area (Å²) in [6.45, 7) is 1.99. The van der Waals surface area contributed by atoms with E-state index in [9.17, 15) is 9.59 Å². The molecule has 1 aliphatic rings. The molecule has 0 aliphatic carbocycles. The number of rotatable bonds is 5. The van der Waals surface area contributed by atoms with Gasteiger partial charge in [-0.15, -0.1) is 0 Å². The maximum atomic E-state index is 12.3. The molecule has 0 saturated carbocycles. The monoisotopic (exact) mass is 343 g/mol. The maximum absolute atomic E-state index is 12.3. The molecule has 0 spiro atoms. The molecule has 0 unspecified atom stereocenters. The summed E-state index contributed by atoms with van der Waals surface area (Å²) in [5.41, 5.74) is 6.17. The Morgan fingerprint density at radius 3 is 2.50 bits per heavy atom. The van der Waals surface area contributed by atoms with E-state index < -0.39 is 0 Å². The van der Waals surface area contributed by atoms with Gasteiger partial charge in [-0.25, -0.2) is 0 Å². The van der Waals surface area contributed by atoms with Gasteiger partial charge in [0, 0.05) is 30.2 Å². The average molecular weight is 344 g/mol. The van der Waals surface area contributed by atoms with Crippen LogP contribution < -0.4 is 5.73 Å². The number of amides is 2. The first-order chi connectivity index (χ1) is 10.3. The van der Waals surface area contributed by atoms with Gasteiger partial charge < -0.3 is 10.6 Å². The van der Waals surface area contributed by atoms with E-state index in [0.29, 0.717) is 23.1 Å². The maximum Gasteiger partial charge on any atom is 0.236 e. The summed E-state index contributed by atoms with van der Waals surface area (Å²) >= 11 is 11.9. The van der Waals surface area contributed by atoms with Crippen molar-refractivity contribution in [2.24, 2.45) is 11.7 Å². The van der Waals surface area contributed by atoms with Crippen molar-refractivity contribution in [1.82, 2.24) is 9.80 Å². The SMILES string of the molecule is CN(Cc1cc(Cl)cc(Cl)c1)C(=O)CN1CC[C@@H](C(N)=O)C1. The van der Waals surface area contributed by atoms with Gasteiger partial charge in [-0.3, -0.25) is 14.5 Å². The summed E-state index contributed by atoms with van der Waals surface area (Å²) in [5, 5.41) is 1.10. The largest absolute Gasteiger partial charge is 0.369 e. The molecule has 0 bridgehead atoms. The molecule has 2 N–H and O–H groups in total. The molecule has 1 fully saturated rings. The van der Waals surface area contributed by atoms with Gasteiger partial charge in [0.15, 0.2) is 0 Å². The van der Waals surface area contributed by atoms with E-state index in [1.807, 2.05) is 4.90 Å². The Bertz CT molecular complexity index is 560. The molecule has 1 aromatic carbocycles. The van der Waals surface area contributed by atoms with Crippen LogP contribution in [0.3, 0.4) is 0 Å². The molecule has 1 aliphatic heterocycles. The van der Waals surface area contributed by atoms with Crippen LogP contribution in [-0.4, -0.2) is 48.3 Å². The zero-order chi connectivity index (χ0) is 16.3. The van der Waals surface area contributed by atoms with Gasteiger partial charge >= 0.3 is 0 Å². The number of hydrogen-bond donors (Lipinski definition) is 1. The average Bonchev–Trinajstić information content (AvgIpc) is 2.86. The van der Waals surface area contributed by atoms with E-state index in [0.717, 1.165) is 18.5 Å². The van der Waals surface area contributed by atoms with Gasteiger partial charge in [-0.05, 0) is 36.7 Å². The van der Waals surface area contributed by atoms with Crippen molar-refractivity contribution in [1.29, 1.82) is 0 Å². The Hall–Kier alpha value is -1.30. The minimum Gasteiger partial charge on any atom is -0.369 e. The van der Waals surface area contributed by atoms with E-state index in [-0.39, 0.29) is 24.3 Å². The van der Waals surface area contributed by atoms with Crippen LogP contribution in [0.2, 0.25) is 10.0 Å². The molecule has 2 amide bonds. The molecule has 7 heteroatoms. The third-order valence-electron chi connectivity index (χ3n) is 3.80. The van der Waals surface area contributed by atoms with E-state index >= 15 is 0 Å². The Kier molecular flexibility index (Phi) is 5.67. The first-order valence-corrected chi connectivity index (χ1v) is 7.81. The molecule has 120 valence electrons. The summed E-state index contributed by atoms with van der Waals surface area (Å²) in [4.78, 5) is 27.0. The van der Waals surface area contributed by atoms with Gasteiger partial charge in [0.05, 0.1) is 12.5 Å². The van der Waals surface area contributed by atoms with Crippen LogP contribution in [0.25, 0.3) is 0 Å². The Balaban J connectivity index is 1.88. The van der Waals surface area contributed by atoms with Crippen LogP contribution in [0.15, 0.2) is 18.2 Å². The Morgan fingerprint density at radius 2 is 1.95 bits per heavy atom. The highest BCUT2D eigenvalue weighted by Gasteiger charge is 2.28. The number of carbonyl (C=O) groups excluding carboxylic acids is 2. The molecule has 1 aromatic rings. The van der Waals surface area contributed by atoms with Crippen LogP contribution in [-0.2, 0) is 16.1 Å². The standard InChI is InChI=1S/C15H19Cl2N3O2/c1-19(7-10-4-12(16)6-13(17)5-10)14(21)9-20-3-2-11(8-20)15(18)22/h4-6,11H,2-3,7-9H2,1H3,(H2,18,22)/t11-/m1/s1. The van der Waals surface area contributed by atoms with Crippen LogP contribution >= 0.6 is 23.2 Å². The number of benzene rings is 1. The molecular weight excluding hydrogens is 325 g/mol. The highest BCUT2D eigenvalue weighted by atomic mass is 35.5. The van der Waals surface area contributed by atoms with Gasteiger partial charge in [0.1, 0.15) is 0 Å². The molecule has 5 nitrogen and oxygen atoms in total. The number of nitrogens with zero attached hydrogens (tertiary/aromatic N) is 2. The third kappa shape index (κ3) is 4.60. The van der Waals surface area contributed by atoms with Gasteiger partial charge in [-0.2, -0.15) is 0 Å². The number of halogens is 2. The van der Waals surface area contributed by atoms with E-state index in [4.69, 9.17) is 28.9 Å². The predicted octanol–water partition coefficient (Wildman–Crippen LogP) is 1.76. The fraction of sp³-hybridized carbons (Fsp3) is 0.467. The van der Waals surface area contributed by atoms with Crippen molar-refractivity contribution in [3.05, 3.63) is 33.8 Å². The second-order valence-electron chi connectivity index (χ2n) is 5.65. The van der Waals surface area contributed by atoms with Crippen LogP contribution in [0, 0.1) is 5.92 Å². The minimum absolute atomic E-state index is 0.0128. The summed E-state index contributed by atoms with van der Waals surface area (Å²) in [6, 6.07) is 5.23. The lowest BCUT2D eigenvalue weighted by Gasteiger charge is -2.21. The molecule has 2 rings (SSSR count). The van der Waals surface area contributed by atoms with Gasteiger partial charge in [0.25, 0.3) is 0 Å². The first-order valence-electron chi connectivity index (χ1n) is 7.05. The number of primary amides is 1. The van der Waals surface area contributed by atoms with Crippen molar-refractivity contribution in [2.75, 3.05) is 26.7 Å². The highest BCUT2D eigenvalue weighted by molar-refractivity contribution is 6.34. The zero-order valence-electron chi connectivity index (χ0n) is 12.4. The summed E-state index contributed by atoms with van der Waals surface area (Å²) in [6.07, 6.45) is 0.718. The van der Waals surface area contributed by atoms with Gasteiger partial charge in [-0.1, -0.05) is 23.2 Å². The molecule has 1 atom stereocenters. The topological polar surface area (TPSA) is 66.6 Å². The lowest BCUT2D eigenvalue weighted by molar-refractivity contribution is -0.131. The quantitative estimate of drug-likeness (QED) is 0.885.